The summed E-state index contributed by atoms with van der Waals surface area (Å²) in [7, 11) is -2.27. The SMILES string of the molecule is CCOC(=O)CN1C(=O)CC[C@@H]1CO[Si](C)(C)OC(C)(C)C. The van der Waals surface area contributed by atoms with Gasteiger partial charge < -0.3 is 18.5 Å². The van der Waals surface area contributed by atoms with Crippen LogP contribution >= 0.6 is 0 Å². The summed E-state index contributed by atoms with van der Waals surface area (Å²) in [6.07, 6.45) is 1.16. The molecule has 0 aromatic heterocycles. The fourth-order valence-corrected chi connectivity index (χ4v) is 4.72. The van der Waals surface area contributed by atoms with Crippen molar-refractivity contribution in [2.45, 2.75) is 65.3 Å². The summed E-state index contributed by atoms with van der Waals surface area (Å²) in [5.74, 6) is -0.386. The van der Waals surface area contributed by atoms with E-state index in [0.717, 1.165) is 0 Å². The van der Waals surface area contributed by atoms with Gasteiger partial charge in [0.15, 0.2) is 0 Å². The predicted octanol–water partition coefficient (Wildman–Crippen LogP) is 2.07. The van der Waals surface area contributed by atoms with E-state index in [1.54, 1.807) is 11.8 Å². The lowest BCUT2D eigenvalue weighted by molar-refractivity contribution is -0.148. The lowest BCUT2D eigenvalue weighted by atomic mass is 10.2. The van der Waals surface area contributed by atoms with Crippen LogP contribution in [0.15, 0.2) is 0 Å². The van der Waals surface area contributed by atoms with E-state index in [-0.39, 0.29) is 30.1 Å². The number of hydrogen-bond acceptors (Lipinski definition) is 5. The molecule has 0 aromatic carbocycles. The van der Waals surface area contributed by atoms with E-state index in [2.05, 4.69) is 0 Å². The Morgan fingerprint density at radius 3 is 2.55 bits per heavy atom. The summed E-state index contributed by atoms with van der Waals surface area (Å²) in [4.78, 5) is 25.1. The maximum absolute atomic E-state index is 11.9. The summed E-state index contributed by atoms with van der Waals surface area (Å²) >= 11 is 0. The zero-order valence-electron chi connectivity index (χ0n) is 14.6. The zero-order chi connectivity index (χ0) is 17.0. The normalized spacial score (nSPS) is 19.6. The lowest BCUT2D eigenvalue weighted by Crippen LogP contribution is -2.46. The van der Waals surface area contributed by atoms with Crippen LogP contribution < -0.4 is 0 Å². The molecule has 1 heterocycles. The third-order valence-electron chi connectivity index (χ3n) is 3.23. The van der Waals surface area contributed by atoms with Crippen molar-refractivity contribution < 1.29 is 23.2 Å². The standard InChI is InChI=1S/C15H29NO5Si/c1-7-19-14(18)10-16-12(8-9-13(16)17)11-20-22(5,6)21-15(2,3)4/h12H,7-11H2,1-6H3/t12-/m1/s1. The topological polar surface area (TPSA) is 65.1 Å². The van der Waals surface area contributed by atoms with Crippen molar-refractivity contribution in [1.29, 1.82) is 0 Å². The first-order valence-corrected chi connectivity index (χ1v) is 10.6. The molecule has 0 saturated carbocycles. The van der Waals surface area contributed by atoms with Crippen LogP contribution in [0.5, 0.6) is 0 Å². The fraction of sp³-hybridized carbons (Fsp3) is 0.867. The molecule has 0 aromatic rings. The molecule has 0 bridgehead atoms. The molecular weight excluding hydrogens is 302 g/mol. The van der Waals surface area contributed by atoms with Crippen LogP contribution in [0.3, 0.4) is 0 Å². The Morgan fingerprint density at radius 1 is 1.36 bits per heavy atom. The summed E-state index contributed by atoms with van der Waals surface area (Å²) in [5.41, 5.74) is -0.258. The van der Waals surface area contributed by atoms with Crippen molar-refractivity contribution in [2.75, 3.05) is 19.8 Å². The van der Waals surface area contributed by atoms with Gasteiger partial charge in [-0.05, 0) is 47.2 Å². The number of amides is 1. The average molecular weight is 331 g/mol. The number of ether oxygens (including phenoxy) is 1. The number of carbonyl (C=O) groups excluding carboxylic acids is 2. The first-order valence-electron chi connectivity index (χ1n) is 7.83. The Hall–Kier alpha value is -0.923. The highest BCUT2D eigenvalue weighted by atomic mass is 28.4. The first kappa shape index (κ1) is 19.1. The number of rotatable bonds is 7. The van der Waals surface area contributed by atoms with Gasteiger partial charge in [-0.1, -0.05) is 0 Å². The quantitative estimate of drug-likeness (QED) is 0.528. The number of carbonyl (C=O) groups is 2. The minimum absolute atomic E-state index is 0.00279. The van der Waals surface area contributed by atoms with E-state index < -0.39 is 8.56 Å². The Kier molecular flexibility index (Phi) is 6.58. The Balaban J connectivity index is 2.56. The van der Waals surface area contributed by atoms with Crippen LogP contribution in [0.4, 0.5) is 0 Å². The molecule has 0 aliphatic carbocycles. The molecule has 1 amide bonds. The minimum atomic E-state index is -2.27. The van der Waals surface area contributed by atoms with Gasteiger partial charge in [0.2, 0.25) is 5.91 Å². The number of hydrogen-bond donors (Lipinski definition) is 0. The van der Waals surface area contributed by atoms with E-state index in [4.69, 9.17) is 13.6 Å². The highest BCUT2D eigenvalue weighted by molar-refractivity contribution is 6.64. The lowest BCUT2D eigenvalue weighted by Gasteiger charge is -2.33. The predicted molar refractivity (Wildman–Crippen MR) is 85.6 cm³/mol. The molecule has 0 unspecified atom stereocenters. The molecule has 1 rings (SSSR count). The summed E-state index contributed by atoms with van der Waals surface area (Å²) in [5, 5.41) is 0. The molecule has 0 radical (unpaired) electrons. The highest BCUT2D eigenvalue weighted by Crippen LogP contribution is 2.22. The summed E-state index contributed by atoms with van der Waals surface area (Å²) < 4.78 is 16.9. The molecule has 0 spiro atoms. The number of likely N-dealkylation sites (tertiary alicyclic amines) is 1. The molecule has 6 nitrogen and oxygen atoms in total. The molecule has 1 fully saturated rings. The fourth-order valence-electron chi connectivity index (χ4n) is 2.59. The smallest absolute Gasteiger partial charge is 0.332 e. The summed E-state index contributed by atoms with van der Waals surface area (Å²) in [6, 6.07) is -0.0766. The van der Waals surface area contributed by atoms with Crippen molar-refractivity contribution in [3.63, 3.8) is 0 Å². The highest BCUT2D eigenvalue weighted by Gasteiger charge is 2.36. The minimum Gasteiger partial charge on any atom is -0.465 e. The second-order valence-corrected chi connectivity index (χ2v) is 10.2. The third kappa shape index (κ3) is 6.45. The van der Waals surface area contributed by atoms with E-state index >= 15 is 0 Å². The molecule has 7 heteroatoms. The van der Waals surface area contributed by atoms with Gasteiger partial charge in [-0.25, -0.2) is 0 Å². The number of nitrogens with zero attached hydrogens (tertiary/aromatic N) is 1. The van der Waals surface area contributed by atoms with Crippen LogP contribution in [0.2, 0.25) is 13.1 Å². The van der Waals surface area contributed by atoms with E-state index in [0.29, 0.717) is 26.1 Å². The van der Waals surface area contributed by atoms with E-state index in [1.165, 1.54) is 0 Å². The molecule has 0 N–H and O–H groups in total. The monoisotopic (exact) mass is 331 g/mol. The first-order chi connectivity index (χ1) is 10.0. The van der Waals surface area contributed by atoms with Gasteiger partial charge in [-0.3, -0.25) is 9.59 Å². The average Bonchev–Trinajstić information content (AvgIpc) is 2.66. The van der Waals surface area contributed by atoms with Gasteiger partial charge >= 0.3 is 14.5 Å². The Morgan fingerprint density at radius 2 is 2.00 bits per heavy atom. The molecular formula is C15H29NO5Si. The Labute approximate surface area is 134 Å². The van der Waals surface area contributed by atoms with Crippen LogP contribution in [0.25, 0.3) is 0 Å². The van der Waals surface area contributed by atoms with E-state index in [9.17, 15) is 9.59 Å². The van der Waals surface area contributed by atoms with Crippen LogP contribution in [0, 0.1) is 0 Å². The largest absolute Gasteiger partial charge is 0.465 e. The van der Waals surface area contributed by atoms with Crippen molar-refractivity contribution in [3.05, 3.63) is 0 Å². The summed E-state index contributed by atoms with van der Waals surface area (Å²) in [6.45, 7) is 12.5. The van der Waals surface area contributed by atoms with Gasteiger partial charge in [0.1, 0.15) is 6.54 Å². The second-order valence-electron chi connectivity index (χ2n) is 6.94. The van der Waals surface area contributed by atoms with Crippen LogP contribution in [-0.4, -0.2) is 56.7 Å². The van der Waals surface area contributed by atoms with Gasteiger partial charge in [-0.2, -0.15) is 0 Å². The maximum Gasteiger partial charge on any atom is 0.332 e. The molecule has 1 atom stereocenters. The van der Waals surface area contributed by atoms with Crippen molar-refractivity contribution in [2.24, 2.45) is 0 Å². The Bertz CT molecular complexity index is 405. The third-order valence-corrected chi connectivity index (χ3v) is 5.20. The molecule has 1 aliphatic rings. The van der Waals surface area contributed by atoms with Crippen LogP contribution in [0.1, 0.15) is 40.5 Å². The molecule has 22 heavy (non-hydrogen) atoms. The van der Waals surface area contributed by atoms with Crippen molar-refractivity contribution in [1.82, 2.24) is 4.90 Å². The van der Waals surface area contributed by atoms with Gasteiger partial charge in [0, 0.05) is 6.42 Å². The van der Waals surface area contributed by atoms with Gasteiger partial charge in [0.05, 0.1) is 24.9 Å². The second kappa shape index (κ2) is 7.57. The van der Waals surface area contributed by atoms with Gasteiger partial charge in [0.25, 0.3) is 0 Å². The van der Waals surface area contributed by atoms with Crippen molar-refractivity contribution in [3.8, 4) is 0 Å². The number of esters is 1. The zero-order valence-corrected chi connectivity index (χ0v) is 15.6. The van der Waals surface area contributed by atoms with Crippen LogP contribution in [-0.2, 0) is 23.2 Å². The molecule has 1 saturated heterocycles. The van der Waals surface area contributed by atoms with Crippen molar-refractivity contribution >= 4 is 20.4 Å². The molecule has 128 valence electrons. The van der Waals surface area contributed by atoms with Gasteiger partial charge in [-0.15, -0.1) is 0 Å². The van der Waals surface area contributed by atoms with E-state index in [1.807, 2.05) is 33.9 Å². The maximum atomic E-state index is 11.9. The molecule has 1 aliphatic heterocycles.